The molecule has 3 nitrogen and oxygen atoms in total. The molecule has 0 aromatic rings. The van der Waals surface area contributed by atoms with Gasteiger partial charge in [-0.25, -0.2) is 4.39 Å². The first-order valence-corrected chi connectivity index (χ1v) is 4.26. The van der Waals surface area contributed by atoms with Crippen LogP contribution in [0.25, 0.3) is 0 Å². The fourth-order valence-electron chi connectivity index (χ4n) is 1.73. The Bertz CT molecular complexity index is 163. The van der Waals surface area contributed by atoms with E-state index in [9.17, 15) is 9.18 Å². The second-order valence-electron chi connectivity index (χ2n) is 3.12. The first kappa shape index (κ1) is 9.45. The van der Waals surface area contributed by atoms with Crippen LogP contribution in [-0.2, 0) is 4.79 Å². The van der Waals surface area contributed by atoms with Gasteiger partial charge in [-0.1, -0.05) is 0 Å². The number of carbonyl (C=O) groups is 1. The third-order valence-electron chi connectivity index (χ3n) is 2.28. The lowest BCUT2D eigenvalue weighted by Gasteiger charge is -2.21. The fourth-order valence-corrected chi connectivity index (χ4v) is 1.73. The normalized spacial score (nSPS) is 24.6. The van der Waals surface area contributed by atoms with Gasteiger partial charge in [-0.05, 0) is 19.4 Å². The van der Waals surface area contributed by atoms with E-state index in [-0.39, 0.29) is 19.1 Å². The molecule has 1 N–H and O–H groups in total. The molecule has 12 heavy (non-hydrogen) atoms. The van der Waals surface area contributed by atoms with Crippen LogP contribution in [0.1, 0.15) is 19.3 Å². The zero-order valence-corrected chi connectivity index (χ0v) is 7.00. The highest BCUT2D eigenvalue weighted by molar-refractivity contribution is 5.67. The van der Waals surface area contributed by atoms with Gasteiger partial charge in [0.05, 0.1) is 6.42 Å². The predicted octanol–water partition coefficient (Wildman–Crippen LogP) is 0.895. The maximum absolute atomic E-state index is 12.0. The monoisotopic (exact) mass is 175 g/mol. The molecular weight excluding hydrogens is 161 g/mol. The first-order chi connectivity index (χ1) is 5.74. The van der Waals surface area contributed by atoms with Crippen LogP contribution < -0.4 is 0 Å². The zero-order valence-electron chi connectivity index (χ0n) is 7.00. The van der Waals surface area contributed by atoms with Gasteiger partial charge in [0.2, 0.25) is 0 Å². The smallest absolute Gasteiger partial charge is 0.304 e. The van der Waals surface area contributed by atoms with Crippen LogP contribution in [0.2, 0.25) is 0 Å². The number of hydrogen-bond acceptors (Lipinski definition) is 2. The number of carboxylic acid groups (broad SMARTS) is 1. The number of alkyl halides is 1. The number of likely N-dealkylation sites (tertiary alicyclic amines) is 1. The van der Waals surface area contributed by atoms with Gasteiger partial charge in [0.15, 0.2) is 0 Å². The maximum Gasteiger partial charge on any atom is 0.304 e. The molecule has 0 spiro atoms. The van der Waals surface area contributed by atoms with E-state index in [4.69, 9.17) is 5.11 Å². The average molecular weight is 175 g/mol. The van der Waals surface area contributed by atoms with Gasteiger partial charge in [0.25, 0.3) is 0 Å². The summed E-state index contributed by atoms with van der Waals surface area (Å²) in [4.78, 5) is 12.3. The molecule has 0 bridgehead atoms. The van der Waals surface area contributed by atoms with E-state index >= 15 is 0 Å². The van der Waals surface area contributed by atoms with Gasteiger partial charge in [-0.15, -0.1) is 0 Å². The van der Waals surface area contributed by atoms with Crippen molar-refractivity contribution in [3.8, 4) is 0 Å². The number of aliphatic carboxylic acids is 1. The summed E-state index contributed by atoms with van der Waals surface area (Å²) in [5.41, 5.74) is 0. The number of rotatable bonds is 4. The lowest BCUT2D eigenvalue weighted by Crippen LogP contribution is -2.32. The highest BCUT2D eigenvalue weighted by atomic mass is 19.1. The Kier molecular flexibility index (Phi) is 3.47. The minimum Gasteiger partial charge on any atom is -0.481 e. The molecule has 1 unspecified atom stereocenters. The molecule has 0 aliphatic carbocycles. The van der Waals surface area contributed by atoms with E-state index < -0.39 is 5.97 Å². The second-order valence-corrected chi connectivity index (χ2v) is 3.12. The molecule has 1 aliphatic rings. The van der Waals surface area contributed by atoms with Crippen LogP contribution in [0.5, 0.6) is 0 Å². The molecule has 1 saturated heterocycles. The first-order valence-electron chi connectivity index (χ1n) is 4.26. The molecule has 70 valence electrons. The van der Waals surface area contributed by atoms with Crippen LogP contribution in [0.3, 0.4) is 0 Å². The molecule has 1 rings (SSSR count). The van der Waals surface area contributed by atoms with Crippen molar-refractivity contribution in [3.63, 3.8) is 0 Å². The summed E-state index contributed by atoms with van der Waals surface area (Å²) in [6, 6.07) is 0.0678. The molecule has 1 atom stereocenters. The summed E-state index contributed by atoms with van der Waals surface area (Å²) < 4.78 is 12.0. The SMILES string of the molecule is O=C(O)CC1CCCN1CCF. The molecule has 0 saturated carbocycles. The molecule has 1 aliphatic heterocycles. The van der Waals surface area contributed by atoms with E-state index in [1.54, 1.807) is 0 Å². The molecule has 1 heterocycles. The number of hydrogen-bond donors (Lipinski definition) is 1. The van der Waals surface area contributed by atoms with Crippen molar-refractivity contribution in [2.75, 3.05) is 19.8 Å². The van der Waals surface area contributed by atoms with E-state index in [2.05, 4.69) is 0 Å². The quantitative estimate of drug-likeness (QED) is 0.690. The molecule has 0 radical (unpaired) electrons. The third-order valence-corrected chi connectivity index (χ3v) is 2.28. The summed E-state index contributed by atoms with van der Waals surface area (Å²) in [6.45, 7) is 0.857. The van der Waals surface area contributed by atoms with Gasteiger partial charge < -0.3 is 5.11 Å². The number of halogens is 1. The summed E-state index contributed by atoms with van der Waals surface area (Å²) >= 11 is 0. The van der Waals surface area contributed by atoms with Gasteiger partial charge in [0.1, 0.15) is 6.67 Å². The fraction of sp³-hybridized carbons (Fsp3) is 0.875. The van der Waals surface area contributed by atoms with Crippen LogP contribution in [-0.4, -0.2) is 41.8 Å². The minimum absolute atomic E-state index is 0.0678. The van der Waals surface area contributed by atoms with Crippen LogP contribution in [0.4, 0.5) is 4.39 Å². The Morgan fingerprint density at radius 1 is 1.67 bits per heavy atom. The highest BCUT2D eigenvalue weighted by Gasteiger charge is 2.25. The maximum atomic E-state index is 12.0. The predicted molar refractivity (Wildman–Crippen MR) is 42.8 cm³/mol. The van der Waals surface area contributed by atoms with Crippen molar-refractivity contribution in [3.05, 3.63) is 0 Å². The molecule has 4 heteroatoms. The Labute approximate surface area is 71.2 Å². The highest BCUT2D eigenvalue weighted by Crippen LogP contribution is 2.19. The zero-order chi connectivity index (χ0) is 8.97. The minimum atomic E-state index is -0.786. The summed E-state index contributed by atoms with van der Waals surface area (Å²) in [5.74, 6) is -0.786. The van der Waals surface area contributed by atoms with Crippen molar-refractivity contribution < 1.29 is 14.3 Å². The van der Waals surface area contributed by atoms with Gasteiger partial charge in [-0.3, -0.25) is 9.69 Å². The van der Waals surface area contributed by atoms with E-state index in [0.29, 0.717) is 6.54 Å². The van der Waals surface area contributed by atoms with Crippen LogP contribution >= 0.6 is 0 Å². The van der Waals surface area contributed by atoms with Crippen molar-refractivity contribution in [2.45, 2.75) is 25.3 Å². The molecule has 0 aromatic carbocycles. The third kappa shape index (κ3) is 2.44. The molecular formula is C8H14FNO2. The largest absolute Gasteiger partial charge is 0.481 e. The Morgan fingerprint density at radius 2 is 2.42 bits per heavy atom. The van der Waals surface area contributed by atoms with Crippen LogP contribution in [0, 0.1) is 0 Å². The van der Waals surface area contributed by atoms with Crippen molar-refractivity contribution in [2.24, 2.45) is 0 Å². The lowest BCUT2D eigenvalue weighted by molar-refractivity contribution is -0.138. The Hall–Kier alpha value is -0.640. The number of carboxylic acids is 1. The van der Waals surface area contributed by atoms with E-state index in [1.165, 1.54) is 0 Å². The Balaban J connectivity index is 2.35. The van der Waals surface area contributed by atoms with Crippen LogP contribution in [0.15, 0.2) is 0 Å². The van der Waals surface area contributed by atoms with E-state index in [0.717, 1.165) is 19.4 Å². The van der Waals surface area contributed by atoms with Crippen molar-refractivity contribution >= 4 is 5.97 Å². The Morgan fingerprint density at radius 3 is 3.00 bits per heavy atom. The summed E-state index contributed by atoms with van der Waals surface area (Å²) in [6.07, 6.45) is 2.05. The standard InChI is InChI=1S/C8H14FNO2/c9-3-5-10-4-1-2-7(10)6-8(11)12/h7H,1-6H2,(H,11,12). The molecule has 1 fully saturated rings. The topological polar surface area (TPSA) is 40.5 Å². The van der Waals surface area contributed by atoms with Gasteiger partial charge >= 0.3 is 5.97 Å². The van der Waals surface area contributed by atoms with Crippen molar-refractivity contribution in [1.29, 1.82) is 0 Å². The van der Waals surface area contributed by atoms with Gasteiger partial charge in [-0.2, -0.15) is 0 Å². The number of nitrogens with zero attached hydrogens (tertiary/aromatic N) is 1. The van der Waals surface area contributed by atoms with Gasteiger partial charge in [0, 0.05) is 12.6 Å². The molecule has 0 amide bonds. The lowest BCUT2D eigenvalue weighted by atomic mass is 10.1. The molecule has 0 aromatic heterocycles. The average Bonchev–Trinajstić information content (AvgIpc) is 2.37. The summed E-state index contributed by atoms with van der Waals surface area (Å²) in [7, 11) is 0. The second kappa shape index (κ2) is 4.40. The summed E-state index contributed by atoms with van der Waals surface area (Å²) in [5, 5.41) is 8.54. The van der Waals surface area contributed by atoms with E-state index in [1.807, 2.05) is 4.90 Å². The van der Waals surface area contributed by atoms with Crippen molar-refractivity contribution in [1.82, 2.24) is 4.90 Å².